The van der Waals surface area contributed by atoms with Gasteiger partial charge in [0.15, 0.2) is 5.96 Å². The number of alkyl halides is 3. The minimum Gasteiger partial charge on any atom is -0.370 e. The lowest BCUT2D eigenvalue weighted by Crippen LogP contribution is -2.46. The van der Waals surface area contributed by atoms with Crippen LogP contribution in [0.1, 0.15) is 12.0 Å². The largest absolute Gasteiger partial charge is 0.416 e. The maximum absolute atomic E-state index is 12.9. The fourth-order valence-electron chi connectivity index (χ4n) is 3.49. The number of piperazine rings is 1. The molecule has 0 bridgehead atoms. The number of hydrogen-bond acceptors (Lipinski definition) is 4. The molecule has 2 aliphatic heterocycles. The molecule has 2 N–H and O–H groups in total. The van der Waals surface area contributed by atoms with Crippen molar-refractivity contribution in [3.8, 4) is 0 Å². The number of rotatable bonds is 5. The Labute approximate surface area is 191 Å². The highest BCUT2D eigenvalue weighted by molar-refractivity contribution is 14.0. The topological polar surface area (TPSA) is 48.1 Å². The van der Waals surface area contributed by atoms with E-state index in [1.807, 2.05) is 16.7 Å². The van der Waals surface area contributed by atoms with Gasteiger partial charge in [0.2, 0.25) is 0 Å². The average molecular weight is 543 g/mol. The minimum absolute atomic E-state index is 0. The second-order valence-corrected chi connectivity index (χ2v) is 8.29. The third-order valence-corrected chi connectivity index (χ3v) is 6.09. The molecule has 10 heteroatoms. The average Bonchev–Trinajstić information content (AvgIpc) is 2.71. The minimum atomic E-state index is -4.30. The molecule has 29 heavy (non-hydrogen) atoms. The number of nitrogens with zero attached hydrogens (tertiary/aromatic N) is 4. The van der Waals surface area contributed by atoms with Gasteiger partial charge < -0.3 is 15.5 Å². The first kappa shape index (κ1) is 24.4. The fourth-order valence-corrected chi connectivity index (χ4v) is 4.39. The van der Waals surface area contributed by atoms with Crippen LogP contribution >= 0.6 is 35.7 Å². The number of nitrogens with two attached hydrogens (primary N) is 1. The molecule has 0 aliphatic carbocycles. The van der Waals surface area contributed by atoms with Crippen LogP contribution in [0.25, 0.3) is 0 Å². The molecule has 1 aromatic rings. The molecule has 1 aromatic carbocycles. The third-order valence-electron chi connectivity index (χ3n) is 5.15. The van der Waals surface area contributed by atoms with Crippen molar-refractivity contribution in [3.63, 3.8) is 0 Å². The highest BCUT2D eigenvalue weighted by Crippen LogP contribution is 2.31. The summed E-state index contributed by atoms with van der Waals surface area (Å²) >= 11 is 1.95. The zero-order valence-electron chi connectivity index (χ0n) is 16.4. The van der Waals surface area contributed by atoms with E-state index in [-0.39, 0.29) is 24.0 Å². The molecule has 3 rings (SSSR count). The van der Waals surface area contributed by atoms with Gasteiger partial charge in [0.05, 0.1) is 5.56 Å². The summed E-state index contributed by atoms with van der Waals surface area (Å²) in [6, 6.07) is 5.59. The van der Waals surface area contributed by atoms with Gasteiger partial charge in [-0.2, -0.15) is 24.9 Å². The molecular weight excluding hydrogens is 514 g/mol. The summed E-state index contributed by atoms with van der Waals surface area (Å²) in [6.45, 7) is 6.75. The quantitative estimate of drug-likeness (QED) is 0.268. The van der Waals surface area contributed by atoms with Crippen molar-refractivity contribution in [2.75, 3.05) is 68.8 Å². The number of aliphatic imine (C=N–C) groups is 1. The maximum Gasteiger partial charge on any atom is 0.416 e. The number of benzene rings is 1. The molecule has 2 saturated heterocycles. The van der Waals surface area contributed by atoms with E-state index in [1.54, 1.807) is 6.07 Å². The van der Waals surface area contributed by atoms with Crippen molar-refractivity contribution < 1.29 is 13.2 Å². The number of guanidine groups is 1. The van der Waals surface area contributed by atoms with Crippen LogP contribution in [-0.4, -0.2) is 79.6 Å². The van der Waals surface area contributed by atoms with Gasteiger partial charge in [-0.25, -0.2) is 0 Å². The van der Waals surface area contributed by atoms with Gasteiger partial charge in [-0.05, 0) is 24.6 Å². The molecule has 2 heterocycles. The highest BCUT2D eigenvalue weighted by Gasteiger charge is 2.31. The molecule has 0 atom stereocenters. The predicted molar refractivity (Wildman–Crippen MR) is 126 cm³/mol. The van der Waals surface area contributed by atoms with Crippen molar-refractivity contribution >= 4 is 47.4 Å². The number of hydrogen-bond donors (Lipinski definition) is 1. The van der Waals surface area contributed by atoms with Gasteiger partial charge >= 0.3 is 6.18 Å². The molecule has 0 amide bonds. The maximum atomic E-state index is 12.9. The Balaban J connectivity index is 0.00000300. The van der Waals surface area contributed by atoms with Crippen molar-refractivity contribution in [2.24, 2.45) is 10.7 Å². The Hall–Kier alpha value is -0.880. The van der Waals surface area contributed by atoms with Gasteiger partial charge in [0.25, 0.3) is 0 Å². The van der Waals surface area contributed by atoms with Gasteiger partial charge in [-0.1, -0.05) is 6.07 Å². The van der Waals surface area contributed by atoms with Crippen LogP contribution < -0.4 is 10.6 Å². The first-order valence-corrected chi connectivity index (χ1v) is 10.9. The number of thioether (sulfide) groups is 1. The van der Waals surface area contributed by atoms with Crippen LogP contribution in [0.15, 0.2) is 29.3 Å². The number of halogens is 4. The van der Waals surface area contributed by atoms with E-state index in [4.69, 9.17) is 5.73 Å². The van der Waals surface area contributed by atoms with E-state index in [2.05, 4.69) is 14.8 Å². The van der Waals surface area contributed by atoms with E-state index < -0.39 is 11.7 Å². The van der Waals surface area contributed by atoms with Crippen LogP contribution in [0, 0.1) is 0 Å². The Morgan fingerprint density at radius 3 is 2.41 bits per heavy atom. The summed E-state index contributed by atoms with van der Waals surface area (Å²) in [5.74, 6) is 2.85. The van der Waals surface area contributed by atoms with Crippen LogP contribution in [0.4, 0.5) is 18.9 Å². The lowest BCUT2D eigenvalue weighted by Gasteiger charge is -2.36. The van der Waals surface area contributed by atoms with E-state index in [1.165, 1.54) is 12.1 Å². The van der Waals surface area contributed by atoms with Gasteiger partial charge in [-0.15, -0.1) is 24.0 Å². The first-order valence-electron chi connectivity index (χ1n) is 9.70. The molecule has 0 spiro atoms. The second-order valence-electron chi connectivity index (χ2n) is 7.07. The smallest absolute Gasteiger partial charge is 0.370 e. The second kappa shape index (κ2) is 11.5. The Bertz CT molecular complexity index is 659. The van der Waals surface area contributed by atoms with Crippen molar-refractivity contribution in [2.45, 2.75) is 12.6 Å². The monoisotopic (exact) mass is 543 g/mol. The van der Waals surface area contributed by atoms with E-state index >= 15 is 0 Å². The molecule has 164 valence electrons. The van der Waals surface area contributed by atoms with Crippen molar-refractivity contribution in [1.29, 1.82) is 0 Å². The van der Waals surface area contributed by atoms with E-state index in [0.717, 1.165) is 69.8 Å². The summed E-state index contributed by atoms with van der Waals surface area (Å²) < 4.78 is 38.7. The van der Waals surface area contributed by atoms with Gasteiger partial charge in [0, 0.05) is 69.6 Å². The molecule has 0 unspecified atom stereocenters. The highest BCUT2D eigenvalue weighted by atomic mass is 127. The zero-order chi connectivity index (χ0) is 20.0. The summed E-state index contributed by atoms with van der Waals surface area (Å²) in [7, 11) is 0. The lowest BCUT2D eigenvalue weighted by atomic mass is 10.1. The normalized spacial score (nSPS) is 19.2. The van der Waals surface area contributed by atoms with E-state index in [0.29, 0.717) is 18.2 Å². The van der Waals surface area contributed by atoms with Crippen molar-refractivity contribution in [1.82, 2.24) is 9.80 Å². The Morgan fingerprint density at radius 2 is 1.76 bits per heavy atom. The van der Waals surface area contributed by atoms with Crippen LogP contribution in [0.2, 0.25) is 0 Å². The Kier molecular flexibility index (Phi) is 9.67. The SMILES string of the molecule is I.NC(=NCCCN1CCN(c2cccc(C(F)(F)F)c2)CC1)N1CCSCC1. The van der Waals surface area contributed by atoms with Crippen molar-refractivity contribution in [3.05, 3.63) is 29.8 Å². The van der Waals surface area contributed by atoms with Gasteiger partial charge in [0.1, 0.15) is 0 Å². The molecular formula is C19H29F3IN5S. The van der Waals surface area contributed by atoms with E-state index in [9.17, 15) is 13.2 Å². The van der Waals surface area contributed by atoms with Gasteiger partial charge in [-0.3, -0.25) is 9.89 Å². The first-order chi connectivity index (χ1) is 13.4. The molecule has 0 aromatic heterocycles. The predicted octanol–water partition coefficient (Wildman–Crippen LogP) is 3.20. The standard InChI is InChI=1S/C19H28F3N5S.HI/c20-19(21,22)16-3-1-4-17(15-16)26-9-7-25(8-10-26)6-2-5-24-18(23)27-11-13-28-14-12-27;/h1,3-4,15H,2,5-14H2,(H2,23,24);1H. The third kappa shape index (κ3) is 7.39. The molecule has 2 aliphatic rings. The van der Waals surface area contributed by atoms with Crippen LogP contribution in [0.3, 0.4) is 0 Å². The number of anilines is 1. The zero-order valence-corrected chi connectivity index (χ0v) is 19.6. The fraction of sp³-hybridized carbons (Fsp3) is 0.632. The summed E-state index contributed by atoms with van der Waals surface area (Å²) in [4.78, 5) is 11.0. The lowest BCUT2D eigenvalue weighted by molar-refractivity contribution is -0.137. The molecule has 5 nitrogen and oxygen atoms in total. The summed E-state index contributed by atoms with van der Waals surface area (Å²) in [6.07, 6.45) is -3.36. The van der Waals surface area contributed by atoms with Crippen LogP contribution in [0.5, 0.6) is 0 Å². The molecule has 2 fully saturated rings. The van der Waals surface area contributed by atoms with Crippen LogP contribution in [-0.2, 0) is 6.18 Å². The summed E-state index contributed by atoms with van der Waals surface area (Å²) in [5.41, 5.74) is 6.12. The Morgan fingerprint density at radius 1 is 1.07 bits per heavy atom. The summed E-state index contributed by atoms with van der Waals surface area (Å²) in [5, 5.41) is 0. The molecule has 0 radical (unpaired) electrons. The molecule has 0 saturated carbocycles.